The van der Waals surface area contributed by atoms with Crippen molar-refractivity contribution in [3.63, 3.8) is 0 Å². The predicted molar refractivity (Wildman–Crippen MR) is 54.8 cm³/mol. The molecule has 0 aromatic heterocycles. The third-order valence-corrected chi connectivity index (χ3v) is 2.87. The van der Waals surface area contributed by atoms with E-state index in [2.05, 4.69) is 17.1 Å². The van der Waals surface area contributed by atoms with Gasteiger partial charge in [0.25, 0.3) is 0 Å². The maximum absolute atomic E-state index is 8.84. The molecule has 0 spiro atoms. The lowest BCUT2D eigenvalue weighted by Crippen LogP contribution is -2.39. The highest BCUT2D eigenvalue weighted by Gasteiger charge is 2.20. The zero-order valence-electron chi connectivity index (χ0n) is 8.79. The number of nitrogens with one attached hydrogen (secondary N) is 1. The Bertz CT molecular complexity index is 139. The molecule has 1 aliphatic heterocycles. The van der Waals surface area contributed by atoms with Crippen molar-refractivity contribution < 1.29 is 5.11 Å². The van der Waals surface area contributed by atoms with Gasteiger partial charge in [-0.25, -0.2) is 0 Å². The first-order chi connectivity index (χ1) is 6.26. The van der Waals surface area contributed by atoms with Crippen LogP contribution in [0.5, 0.6) is 0 Å². The SMILES string of the molecule is CNC(CCO)CN1CCC(C)C1. The van der Waals surface area contributed by atoms with Crippen LogP contribution >= 0.6 is 0 Å². The van der Waals surface area contributed by atoms with E-state index in [-0.39, 0.29) is 6.61 Å². The number of rotatable bonds is 5. The number of hydrogen-bond donors (Lipinski definition) is 2. The molecule has 2 N–H and O–H groups in total. The molecule has 0 saturated carbocycles. The first-order valence-corrected chi connectivity index (χ1v) is 5.26. The molecule has 0 aromatic carbocycles. The summed E-state index contributed by atoms with van der Waals surface area (Å²) in [5.74, 6) is 0.853. The van der Waals surface area contributed by atoms with Crippen LogP contribution in [0.2, 0.25) is 0 Å². The number of likely N-dealkylation sites (tertiary alicyclic amines) is 1. The molecule has 78 valence electrons. The van der Waals surface area contributed by atoms with E-state index in [9.17, 15) is 0 Å². The van der Waals surface area contributed by atoms with Gasteiger partial charge in [-0.2, -0.15) is 0 Å². The summed E-state index contributed by atoms with van der Waals surface area (Å²) in [4.78, 5) is 2.49. The zero-order valence-corrected chi connectivity index (χ0v) is 8.79. The standard InChI is InChI=1S/C10H22N2O/c1-9-3-5-12(7-9)8-10(11-2)4-6-13/h9-11,13H,3-8H2,1-2H3. The van der Waals surface area contributed by atoms with Crippen molar-refractivity contribution in [3.8, 4) is 0 Å². The Morgan fingerprint density at radius 1 is 1.62 bits per heavy atom. The fourth-order valence-electron chi connectivity index (χ4n) is 1.99. The normalized spacial score (nSPS) is 26.5. The molecular formula is C10H22N2O. The minimum atomic E-state index is 0.287. The van der Waals surface area contributed by atoms with Crippen LogP contribution in [0, 0.1) is 5.92 Å². The maximum atomic E-state index is 8.84. The van der Waals surface area contributed by atoms with Crippen LogP contribution in [0.3, 0.4) is 0 Å². The minimum Gasteiger partial charge on any atom is -0.396 e. The molecule has 0 bridgehead atoms. The summed E-state index contributed by atoms with van der Waals surface area (Å²) in [6.07, 6.45) is 2.19. The van der Waals surface area contributed by atoms with Gasteiger partial charge in [0.1, 0.15) is 0 Å². The lowest BCUT2D eigenvalue weighted by molar-refractivity contribution is 0.231. The molecule has 3 heteroatoms. The van der Waals surface area contributed by atoms with Crippen LogP contribution in [0.1, 0.15) is 19.8 Å². The quantitative estimate of drug-likeness (QED) is 0.648. The molecule has 0 aromatic rings. The average Bonchev–Trinajstić information content (AvgIpc) is 2.50. The highest BCUT2D eigenvalue weighted by Crippen LogP contribution is 2.15. The molecule has 0 radical (unpaired) electrons. The van der Waals surface area contributed by atoms with E-state index in [0.29, 0.717) is 6.04 Å². The van der Waals surface area contributed by atoms with Gasteiger partial charge < -0.3 is 15.3 Å². The Balaban J connectivity index is 2.21. The maximum Gasteiger partial charge on any atom is 0.0446 e. The summed E-state index contributed by atoms with van der Waals surface area (Å²) in [7, 11) is 1.97. The topological polar surface area (TPSA) is 35.5 Å². The highest BCUT2D eigenvalue weighted by molar-refractivity contribution is 4.77. The molecular weight excluding hydrogens is 164 g/mol. The molecule has 0 amide bonds. The van der Waals surface area contributed by atoms with Crippen LogP contribution in [-0.2, 0) is 0 Å². The summed E-state index contributed by atoms with van der Waals surface area (Å²) in [6.45, 7) is 6.13. The number of aliphatic hydroxyl groups excluding tert-OH is 1. The van der Waals surface area contributed by atoms with E-state index < -0.39 is 0 Å². The third-order valence-electron chi connectivity index (χ3n) is 2.87. The van der Waals surface area contributed by atoms with Gasteiger partial charge in [0.2, 0.25) is 0 Å². The average molecular weight is 186 g/mol. The molecule has 2 atom stereocenters. The van der Waals surface area contributed by atoms with Crippen molar-refractivity contribution in [1.29, 1.82) is 0 Å². The summed E-state index contributed by atoms with van der Waals surface area (Å²) >= 11 is 0. The number of hydrogen-bond acceptors (Lipinski definition) is 3. The lowest BCUT2D eigenvalue weighted by atomic mass is 10.2. The summed E-state index contributed by atoms with van der Waals surface area (Å²) in [6, 6.07) is 0.454. The zero-order chi connectivity index (χ0) is 9.68. The second kappa shape index (κ2) is 5.58. The Morgan fingerprint density at radius 3 is 2.85 bits per heavy atom. The van der Waals surface area contributed by atoms with Crippen molar-refractivity contribution in [2.45, 2.75) is 25.8 Å². The van der Waals surface area contributed by atoms with Crippen LogP contribution in [0.4, 0.5) is 0 Å². The second-order valence-electron chi connectivity index (χ2n) is 4.15. The van der Waals surface area contributed by atoms with Gasteiger partial charge in [-0.3, -0.25) is 0 Å². The van der Waals surface area contributed by atoms with Gasteiger partial charge >= 0.3 is 0 Å². The molecule has 1 heterocycles. The summed E-state index contributed by atoms with van der Waals surface area (Å²) < 4.78 is 0. The molecule has 1 rings (SSSR count). The van der Waals surface area contributed by atoms with Crippen LogP contribution in [0.15, 0.2) is 0 Å². The van der Waals surface area contributed by atoms with Crippen molar-refractivity contribution in [2.24, 2.45) is 5.92 Å². The monoisotopic (exact) mass is 186 g/mol. The van der Waals surface area contributed by atoms with Crippen molar-refractivity contribution in [3.05, 3.63) is 0 Å². The molecule has 0 aliphatic carbocycles. The largest absolute Gasteiger partial charge is 0.396 e. The van der Waals surface area contributed by atoms with E-state index in [0.717, 1.165) is 18.9 Å². The smallest absolute Gasteiger partial charge is 0.0446 e. The molecule has 1 saturated heterocycles. The minimum absolute atomic E-state index is 0.287. The van der Waals surface area contributed by atoms with Gasteiger partial charge in [-0.15, -0.1) is 0 Å². The van der Waals surface area contributed by atoms with E-state index in [1.165, 1.54) is 19.5 Å². The second-order valence-corrected chi connectivity index (χ2v) is 4.15. The fraction of sp³-hybridized carbons (Fsp3) is 1.00. The van der Waals surface area contributed by atoms with Crippen LogP contribution in [-0.4, -0.2) is 49.3 Å². The summed E-state index contributed by atoms with van der Waals surface area (Å²) in [5, 5.41) is 12.1. The Labute approximate surface area is 81.1 Å². The Morgan fingerprint density at radius 2 is 2.38 bits per heavy atom. The third kappa shape index (κ3) is 3.63. The molecule has 1 aliphatic rings. The summed E-state index contributed by atoms with van der Waals surface area (Å²) in [5.41, 5.74) is 0. The number of aliphatic hydroxyl groups is 1. The predicted octanol–water partition coefficient (Wildman–Crippen LogP) is 0.299. The van der Waals surface area contributed by atoms with Crippen LogP contribution < -0.4 is 5.32 Å². The Kier molecular flexibility index (Phi) is 4.70. The van der Waals surface area contributed by atoms with Crippen LogP contribution in [0.25, 0.3) is 0 Å². The number of likely N-dealkylation sites (N-methyl/N-ethyl adjacent to an activating group) is 1. The molecule has 3 nitrogen and oxygen atoms in total. The number of nitrogens with zero attached hydrogens (tertiary/aromatic N) is 1. The van der Waals surface area contributed by atoms with Gasteiger partial charge in [-0.05, 0) is 32.4 Å². The van der Waals surface area contributed by atoms with E-state index in [4.69, 9.17) is 5.11 Å². The first kappa shape index (κ1) is 11.0. The van der Waals surface area contributed by atoms with Gasteiger partial charge in [0.15, 0.2) is 0 Å². The van der Waals surface area contributed by atoms with Gasteiger partial charge in [-0.1, -0.05) is 6.92 Å². The van der Waals surface area contributed by atoms with Crippen molar-refractivity contribution in [1.82, 2.24) is 10.2 Å². The Hall–Kier alpha value is -0.120. The van der Waals surface area contributed by atoms with Gasteiger partial charge in [0, 0.05) is 25.7 Å². The van der Waals surface area contributed by atoms with E-state index in [1.807, 2.05) is 7.05 Å². The molecule has 2 unspecified atom stereocenters. The highest BCUT2D eigenvalue weighted by atomic mass is 16.3. The van der Waals surface area contributed by atoms with Gasteiger partial charge in [0.05, 0.1) is 0 Å². The lowest BCUT2D eigenvalue weighted by Gasteiger charge is -2.22. The fourth-order valence-corrected chi connectivity index (χ4v) is 1.99. The first-order valence-electron chi connectivity index (χ1n) is 5.26. The molecule has 1 fully saturated rings. The van der Waals surface area contributed by atoms with Crippen molar-refractivity contribution >= 4 is 0 Å². The van der Waals surface area contributed by atoms with Crippen molar-refractivity contribution in [2.75, 3.05) is 33.3 Å². The van der Waals surface area contributed by atoms with E-state index in [1.54, 1.807) is 0 Å². The van der Waals surface area contributed by atoms with E-state index >= 15 is 0 Å². The molecule has 13 heavy (non-hydrogen) atoms.